The average molecular weight is 202 g/mol. The Kier molecular flexibility index (Phi) is 2.73. The van der Waals surface area contributed by atoms with Crippen molar-refractivity contribution in [3.8, 4) is 5.82 Å². The van der Waals surface area contributed by atoms with Gasteiger partial charge in [0.25, 0.3) is 0 Å². The number of amides is 1. The molecule has 0 spiro atoms. The van der Waals surface area contributed by atoms with Crippen LogP contribution in [-0.2, 0) is 11.3 Å². The molecular weight excluding hydrogens is 192 g/mol. The minimum atomic E-state index is 0.496. The summed E-state index contributed by atoms with van der Waals surface area (Å²) in [7, 11) is 0. The highest BCUT2D eigenvalue weighted by atomic mass is 16.1. The Hall–Kier alpha value is -2.17. The number of nitrogens with one attached hydrogen (secondary N) is 1. The van der Waals surface area contributed by atoms with Gasteiger partial charge < -0.3 is 5.32 Å². The van der Waals surface area contributed by atoms with Crippen LogP contribution in [0.15, 0.2) is 36.8 Å². The van der Waals surface area contributed by atoms with E-state index in [1.54, 1.807) is 17.1 Å². The number of nitrogens with zero attached hydrogens (tertiary/aromatic N) is 3. The van der Waals surface area contributed by atoms with Crippen LogP contribution in [-0.4, -0.2) is 21.2 Å². The Labute approximate surface area is 86.8 Å². The second-order valence-corrected chi connectivity index (χ2v) is 2.97. The quantitative estimate of drug-likeness (QED) is 0.735. The summed E-state index contributed by atoms with van der Waals surface area (Å²) in [6.07, 6.45) is 5.91. The van der Waals surface area contributed by atoms with Crippen molar-refractivity contribution in [2.45, 2.75) is 6.54 Å². The van der Waals surface area contributed by atoms with Gasteiger partial charge in [-0.15, -0.1) is 0 Å². The third-order valence-electron chi connectivity index (χ3n) is 1.94. The molecule has 2 aromatic heterocycles. The van der Waals surface area contributed by atoms with E-state index in [4.69, 9.17) is 0 Å². The van der Waals surface area contributed by atoms with Gasteiger partial charge in [-0.05, 0) is 17.7 Å². The lowest BCUT2D eigenvalue weighted by atomic mass is 10.3. The fourth-order valence-electron chi connectivity index (χ4n) is 1.22. The van der Waals surface area contributed by atoms with Gasteiger partial charge in [-0.3, -0.25) is 4.79 Å². The van der Waals surface area contributed by atoms with Gasteiger partial charge in [0.15, 0.2) is 5.82 Å². The van der Waals surface area contributed by atoms with Gasteiger partial charge in [-0.1, -0.05) is 6.07 Å². The second kappa shape index (κ2) is 4.36. The maximum absolute atomic E-state index is 10.1. The minimum Gasteiger partial charge on any atom is -0.355 e. The first-order chi connectivity index (χ1) is 7.40. The molecule has 1 N–H and O–H groups in total. The largest absolute Gasteiger partial charge is 0.355 e. The summed E-state index contributed by atoms with van der Waals surface area (Å²) in [5, 5.41) is 6.64. The summed E-state index contributed by atoms with van der Waals surface area (Å²) in [4.78, 5) is 14.3. The summed E-state index contributed by atoms with van der Waals surface area (Å²) in [5.41, 5.74) is 0.956. The molecule has 0 radical (unpaired) electrons. The molecule has 0 bridgehead atoms. The topological polar surface area (TPSA) is 59.8 Å². The second-order valence-electron chi connectivity index (χ2n) is 2.97. The Balaban J connectivity index is 2.14. The first-order valence-corrected chi connectivity index (χ1v) is 4.52. The standard InChI is InChI=1S/C10H10N4O/c15-8-11-6-9-2-3-10(12-7-9)14-5-1-4-13-14/h1-5,7-8H,6H2,(H,11,15). The molecule has 15 heavy (non-hydrogen) atoms. The third-order valence-corrected chi connectivity index (χ3v) is 1.94. The van der Waals surface area contributed by atoms with Crippen LogP contribution in [0.2, 0.25) is 0 Å². The zero-order chi connectivity index (χ0) is 10.5. The van der Waals surface area contributed by atoms with Crippen molar-refractivity contribution in [3.63, 3.8) is 0 Å². The van der Waals surface area contributed by atoms with E-state index in [0.29, 0.717) is 13.0 Å². The van der Waals surface area contributed by atoms with E-state index in [1.807, 2.05) is 24.4 Å². The fraction of sp³-hybridized carbons (Fsp3) is 0.100. The zero-order valence-electron chi connectivity index (χ0n) is 8.00. The smallest absolute Gasteiger partial charge is 0.207 e. The molecule has 0 saturated carbocycles. The molecule has 0 aromatic carbocycles. The molecule has 0 aliphatic heterocycles. The zero-order valence-corrected chi connectivity index (χ0v) is 8.00. The van der Waals surface area contributed by atoms with Gasteiger partial charge in [-0.25, -0.2) is 9.67 Å². The van der Waals surface area contributed by atoms with Crippen molar-refractivity contribution in [3.05, 3.63) is 42.4 Å². The van der Waals surface area contributed by atoms with Gasteiger partial charge in [-0.2, -0.15) is 5.10 Å². The predicted octanol–water partition coefficient (Wildman–Crippen LogP) is 0.513. The fourth-order valence-corrected chi connectivity index (χ4v) is 1.22. The summed E-state index contributed by atoms with van der Waals surface area (Å²) in [6, 6.07) is 5.60. The predicted molar refractivity (Wildman–Crippen MR) is 54.3 cm³/mol. The van der Waals surface area contributed by atoms with Crippen molar-refractivity contribution >= 4 is 6.41 Å². The molecule has 0 unspecified atom stereocenters. The van der Waals surface area contributed by atoms with Crippen LogP contribution in [0.1, 0.15) is 5.56 Å². The lowest BCUT2D eigenvalue weighted by molar-refractivity contribution is -0.109. The van der Waals surface area contributed by atoms with Crippen LogP contribution in [0.4, 0.5) is 0 Å². The van der Waals surface area contributed by atoms with Crippen LogP contribution in [0, 0.1) is 0 Å². The van der Waals surface area contributed by atoms with E-state index in [9.17, 15) is 4.79 Å². The highest BCUT2D eigenvalue weighted by Gasteiger charge is 1.97. The van der Waals surface area contributed by atoms with E-state index < -0.39 is 0 Å². The summed E-state index contributed by atoms with van der Waals surface area (Å²) in [6.45, 7) is 0.496. The minimum absolute atomic E-state index is 0.496. The maximum Gasteiger partial charge on any atom is 0.207 e. The van der Waals surface area contributed by atoms with E-state index in [0.717, 1.165) is 11.4 Å². The Morgan fingerprint density at radius 2 is 2.40 bits per heavy atom. The lowest BCUT2D eigenvalue weighted by Crippen LogP contribution is -2.10. The number of carbonyl (C=O) groups excluding carboxylic acids is 1. The van der Waals surface area contributed by atoms with Crippen molar-refractivity contribution < 1.29 is 4.79 Å². The summed E-state index contributed by atoms with van der Waals surface area (Å²) < 4.78 is 1.68. The maximum atomic E-state index is 10.1. The van der Waals surface area contributed by atoms with Crippen molar-refractivity contribution in [1.29, 1.82) is 0 Å². The number of aromatic nitrogens is 3. The van der Waals surface area contributed by atoms with Crippen LogP contribution < -0.4 is 5.32 Å². The molecule has 2 heterocycles. The number of hydrogen-bond acceptors (Lipinski definition) is 3. The molecule has 0 aliphatic carbocycles. The monoisotopic (exact) mass is 202 g/mol. The molecule has 0 atom stereocenters. The highest BCUT2D eigenvalue weighted by Crippen LogP contribution is 2.03. The van der Waals surface area contributed by atoms with Gasteiger partial charge in [0, 0.05) is 25.1 Å². The number of carbonyl (C=O) groups is 1. The molecular formula is C10H10N4O. The molecule has 0 aliphatic rings. The van der Waals surface area contributed by atoms with Gasteiger partial charge in [0.2, 0.25) is 6.41 Å². The van der Waals surface area contributed by atoms with E-state index in [2.05, 4.69) is 15.4 Å². The van der Waals surface area contributed by atoms with E-state index >= 15 is 0 Å². The SMILES string of the molecule is O=CNCc1ccc(-n2cccn2)nc1. The molecule has 5 nitrogen and oxygen atoms in total. The number of pyridine rings is 1. The molecule has 2 rings (SSSR count). The average Bonchev–Trinajstić information content (AvgIpc) is 2.80. The van der Waals surface area contributed by atoms with Gasteiger partial charge in [0.1, 0.15) is 0 Å². The molecule has 0 fully saturated rings. The van der Waals surface area contributed by atoms with E-state index in [1.165, 1.54) is 0 Å². The molecule has 1 amide bonds. The first-order valence-electron chi connectivity index (χ1n) is 4.52. The Morgan fingerprint density at radius 3 is 3.00 bits per heavy atom. The van der Waals surface area contributed by atoms with Crippen LogP contribution >= 0.6 is 0 Å². The van der Waals surface area contributed by atoms with Gasteiger partial charge >= 0.3 is 0 Å². The molecule has 76 valence electrons. The highest BCUT2D eigenvalue weighted by molar-refractivity contribution is 5.46. The Morgan fingerprint density at radius 1 is 1.47 bits per heavy atom. The van der Waals surface area contributed by atoms with Crippen molar-refractivity contribution in [2.75, 3.05) is 0 Å². The van der Waals surface area contributed by atoms with Gasteiger partial charge in [0.05, 0.1) is 0 Å². The first kappa shape index (κ1) is 9.39. The molecule has 0 saturated heterocycles. The summed E-state index contributed by atoms with van der Waals surface area (Å²) in [5.74, 6) is 0.759. The van der Waals surface area contributed by atoms with Crippen molar-refractivity contribution in [2.24, 2.45) is 0 Å². The van der Waals surface area contributed by atoms with Crippen molar-refractivity contribution in [1.82, 2.24) is 20.1 Å². The third kappa shape index (κ3) is 2.19. The van der Waals surface area contributed by atoms with Crippen LogP contribution in [0.25, 0.3) is 5.82 Å². The van der Waals surface area contributed by atoms with Crippen LogP contribution in [0.3, 0.4) is 0 Å². The summed E-state index contributed by atoms with van der Waals surface area (Å²) >= 11 is 0. The molecule has 5 heteroatoms. The Bertz CT molecular complexity index is 421. The lowest BCUT2D eigenvalue weighted by Gasteiger charge is -2.02. The normalized spacial score (nSPS) is 9.87. The number of hydrogen-bond donors (Lipinski definition) is 1. The molecule has 2 aromatic rings. The number of rotatable bonds is 4. The van der Waals surface area contributed by atoms with E-state index in [-0.39, 0.29) is 0 Å². The van der Waals surface area contributed by atoms with Crippen LogP contribution in [0.5, 0.6) is 0 Å².